The quantitative estimate of drug-likeness (QED) is 0.608. The highest BCUT2D eigenvalue weighted by atomic mass is 32.2. The fourth-order valence-corrected chi connectivity index (χ4v) is 3.33. The van der Waals surface area contributed by atoms with E-state index in [0.717, 1.165) is 6.20 Å². The molecule has 0 saturated heterocycles. The Morgan fingerprint density at radius 3 is 2.59 bits per heavy atom. The van der Waals surface area contributed by atoms with Gasteiger partial charge in [-0.3, -0.25) is 4.98 Å². The molecule has 0 amide bonds. The number of benzene rings is 1. The molecular formula is C16H17FN6O3S. The first-order valence-corrected chi connectivity index (χ1v) is 9.51. The van der Waals surface area contributed by atoms with Crippen molar-refractivity contribution in [3.8, 4) is 11.4 Å². The Hall–Kier alpha value is -2.76. The second-order valence-corrected chi connectivity index (χ2v) is 7.42. The molecule has 9 nitrogen and oxygen atoms in total. The number of aromatic nitrogens is 5. The van der Waals surface area contributed by atoms with Crippen LogP contribution in [0.4, 0.5) is 4.39 Å². The molecular weight excluding hydrogens is 375 g/mol. The van der Waals surface area contributed by atoms with Gasteiger partial charge in [-0.25, -0.2) is 17.5 Å². The molecule has 1 atom stereocenters. The maximum absolute atomic E-state index is 13.0. The number of tetrazole rings is 1. The number of nitrogens with one attached hydrogen (secondary N) is 1. The van der Waals surface area contributed by atoms with Crippen LogP contribution in [0.5, 0.6) is 0 Å². The fourth-order valence-electron chi connectivity index (χ4n) is 2.30. The van der Waals surface area contributed by atoms with Crippen LogP contribution in [0.3, 0.4) is 0 Å². The maximum atomic E-state index is 13.0. The van der Waals surface area contributed by atoms with Crippen molar-refractivity contribution < 1.29 is 17.9 Å². The number of aliphatic hydroxyl groups is 1. The smallest absolute Gasteiger partial charge is 0.240 e. The molecule has 0 saturated carbocycles. The second kappa shape index (κ2) is 7.86. The molecule has 142 valence electrons. The van der Waals surface area contributed by atoms with Gasteiger partial charge in [0.15, 0.2) is 0 Å². The molecule has 2 heterocycles. The van der Waals surface area contributed by atoms with Gasteiger partial charge in [0, 0.05) is 12.1 Å². The topological polar surface area (TPSA) is 123 Å². The minimum Gasteiger partial charge on any atom is -0.395 e. The molecule has 27 heavy (non-hydrogen) atoms. The maximum Gasteiger partial charge on any atom is 0.240 e. The van der Waals surface area contributed by atoms with Crippen molar-refractivity contribution in [2.45, 2.75) is 17.9 Å². The Labute approximate surface area is 154 Å². The van der Waals surface area contributed by atoms with Gasteiger partial charge in [-0.15, -0.1) is 10.2 Å². The molecule has 3 aromatic rings. The summed E-state index contributed by atoms with van der Waals surface area (Å²) in [5.41, 5.74) is 1.17. The van der Waals surface area contributed by atoms with Gasteiger partial charge in [-0.05, 0) is 48.5 Å². The average Bonchev–Trinajstić information content (AvgIpc) is 3.17. The summed E-state index contributed by atoms with van der Waals surface area (Å²) in [6.07, 6.45) is 1.12. The van der Waals surface area contributed by atoms with Crippen molar-refractivity contribution in [3.63, 3.8) is 0 Å². The summed E-state index contributed by atoms with van der Waals surface area (Å²) >= 11 is 0. The molecule has 0 spiro atoms. The molecule has 0 radical (unpaired) electrons. The molecule has 0 bridgehead atoms. The second-order valence-electron chi connectivity index (χ2n) is 5.66. The lowest BCUT2D eigenvalue weighted by molar-refractivity contribution is 0.301. The molecule has 0 aliphatic rings. The normalized spacial score (nSPS) is 12.9. The van der Waals surface area contributed by atoms with Crippen molar-refractivity contribution in [1.29, 1.82) is 0 Å². The monoisotopic (exact) mass is 392 g/mol. The summed E-state index contributed by atoms with van der Waals surface area (Å²) in [5, 5.41) is 21.0. The lowest BCUT2D eigenvalue weighted by Gasteiger charge is -2.08. The van der Waals surface area contributed by atoms with Crippen molar-refractivity contribution in [2.75, 3.05) is 13.2 Å². The summed E-state index contributed by atoms with van der Waals surface area (Å²) in [5.74, 6) is -0.113. The number of halogens is 1. The van der Waals surface area contributed by atoms with Crippen LogP contribution in [0.25, 0.3) is 11.4 Å². The van der Waals surface area contributed by atoms with E-state index in [9.17, 15) is 12.8 Å². The molecule has 0 unspecified atom stereocenters. The zero-order valence-electron chi connectivity index (χ0n) is 14.3. The lowest BCUT2D eigenvalue weighted by Crippen LogP contribution is -2.26. The highest BCUT2D eigenvalue weighted by molar-refractivity contribution is 7.89. The Bertz CT molecular complexity index is 1010. The third kappa shape index (κ3) is 4.32. The van der Waals surface area contributed by atoms with E-state index in [4.69, 9.17) is 5.11 Å². The van der Waals surface area contributed by atoms with Crippen molar-refractivity contribution in [2.24, 2.45) is 0 Å². The minimum atomic E-state index is -3.68. The molecule has 2 N–H and O–H groups in total. The molecule has 0 aliphatic heterocycles. The van der Waals surface area contributed by atoms with E-state index in [1.807, 2.05) is 0 Å². The molecule has 3 rings (SSSR count). The van der Waals surface area contributed by atoms with Gasteiger partial charge in [0.2, 0.25) is 15.8 Å². The summed E-state index contributed by atoms with van der Waals surface area (Å²) in [6.45, 7) is 1.45. The fraction of sp³-hybridized carbons (Fsp3) is 0.250. The van der Waals surface area contributed by atoms with Crippen LogP contribution in [-0.2, 0) is 10.0 Å². The Morgan fingerprint density at radius 2 is 1.96 bits per heavy atom. The number of aliphatic hydroxyl groups excluding tert-OH is 1. The predicted molar refractivity (Wildman–Crippen MR) is 93.5 cm³/mol. The SMILES string of the molecule is C[C@H](c1ccc(F)cn1)n1nnc(-c2ccc(S(=O)(=O)NCCO)cc2)n1. The van der Waals surface area contributed by atoms with Gasteiger partial charge in [0.1, 0.15) is 11.9 Å². The summed E-state index contributed by atoms with van der Waals surface area (Å²) in [7, 11) is -3.68. The number of hydrogen-bond acceptors (Lipinski definition) is 7. The van der Waals surface area contributed by atoms with Crippen molar-refractivity contribution in [1.82, 2.24) is 29.9 Å². The van der Waals surface area contributed by atoms with Crippen LogP contribution in [0, 0.1) is 5.82 Å². The van der Waals surface area contributed by atoms with Gasteiger partial charge < -0.3 is 5.11 Å². The van der Waals surface area contributed by atoms with Crippen LogP contribution in [0.1, 0.15) is 18.7 Å². The van der Waals surface area contributed by atoms with Gasteiger partial charge in [0.25, 0.3) is 0 Å². The zero-order chi connectivity index (χ0) is 19.4. The van der Waals surface area contributed by atoms with Crippen LogP contribution in [0.2, 0.25) is 0 Å². The molecule has 0 aliphatic carbocycles. The first-order valence-electron chi connectivity index (χ1n) is 8.02. The first-order chi connectivity index (χ1) is 12.9. The molecule has 1 aromatic carbocycles. The van der Waals surface area contributed by atoms with E-state index in [-0.39, 0.29) is 24.1 Å². The predicted octanol–water partition coefficient (Wildman–Crippen LogP) is 0.754. The van der Waals surface area contributed by atoms with Gasteiger partial charge >= 0.3 is 0 Å². The van der Waals surface area contributed by atoms with E-state index in [2.05, 4.69) is 25.1 Å². The highest BCUT2D eigenvalue weighted by Gasteiger charge is 2.16. The Kier molecular flexibility index (Phi) is 5.54. The number of pyridine rings is 1. The number of nitrogens with zero attached hydrogens (tertiary/aromatic N) is 5. The van der Waals surface area contributed by atoms with Crippen molar-refractivity contribution in [3.05, 3.63) is 54.1 Å². The largest absolute Gasteiger partial charge is 0.395 e. The molecule has 11 heteroatoms. The van der Waals surface area contributed by atoms with Gasteiger partial charge in [-0.1, -0.05) is 0 Å². The van der Waals surface area contributed by atoms with E-state index in [1.165, 1.54) is 23.0 Å². The summed E-state index contributed by atoms with van der Waals surface area (Å²) < 4.78 is 39.3. The average molecular weight is 392 g/mol. The standard InChI is InChI=1S/C16H17FN6O3S/c1-11(15-7-4-13(17)10-18-15)23-21-16(20-22-23)12-2-5-14(6-3-12)27(25,26)19-8-9-24/h2-7,10-11,19,24H,8-9H2,1H3/t11-/m1/s1. The van der Waals surface area contributed by atoms with E-state index < -0.39 is 15.8 Å². The van der Waals surface area contributed by atoms with Crippen molar-refractivity contribution >= 4 is 10.0 Å². The Balaban J connectivity index is 1.79. The zero-order valence-corrected chi connectivity index (χ0v) is 15.1. The Morgan fingerprint density at radius 1 is 1.22 bits per heavy atom. The first kappa shape index (κ1) is 19.0. The molecule has 2 aromatic heterocycles. The summed E-state index contributed by atoms with van der Waals surface area (Å²) in [6, 6.07) is 8.46. The van der Waals surface area contributed by atoms with E-state index >= 15 is 0 Å². The van der Waals surface area contributed by atoms with Gasteiger partial charge in [-0.2, -0.15) is 4.80 Å². The third-order valence-electron chi connectivity index (χ3n) is 3.78. The van der Waals surface area contributed by atoms with Crippen LogP contribution < -0.4 is 4.72 Å². The van der Waals surface area contributed by atoms with Gasteiger partial charge in [0.05, 0.1) is 23.4 Å². The number of rotatable bonds is 7. The van der Waals surface area contributed by atoms with Crippen LogP contribution in [-0.4, -0.2) is 51.9 Å². The van der Waals surface area contributed by atoms with E-state index in [0.29, 0.717) is 17.1 Å². The molecule has 0 fully saturated rings. The summed E-state index contributed by atoms with van der Waals surface area (Å²) in [4.78, 5) is 5.42. The minimum absolute atomic E-state index is 0.0602. The highest BCUT2D eigenvalue weighted by Crippen LogP contribution is 2.19. The number of hydrogen-bond donors (Lipinski definition) is 2. The number of sulfonamides is 1. The van der Waals surface area contributed by atoms with Crippen LogP contribution in [0.15, 0.2) is 47.5 Å². The van der Waals surface area contributed by atoms with E-state index in [1.54, 1.807) is 25.1 Å². The lowest BCUT2D eigenvalue weighted by atomic mass is 10.2. The third-order valence-corrected chi connectivity index (χ3v) is 5.26. The van der Waals surface area contributed by atoms with Crippen LogP contribution >= 0.6 is 0 Å².